The van der Waals surface area contributed by atoms with Gasteiger partial charge in [0.1, 0.15) is 16.3 Å². The summed E-state index contributed by atoms with van der Waals surface area (Å²) in [6.45, 7) is 0. The van der Waals surface area contributed by atoms with Gasteiger partial charge in [0.25, 0.3) is 0 Å². The van der Waals surface area contributed by atoms with E-state index < -0.39 is 22.2 Å². The molecule has 0 fully saturated rings. The van der Waals surface area contributed by atoms with Crippen molar-refractivity contribution < 1.29 is 14.4 Å². The Morgan fingerprint density at radius 2 is 2.12 bits per heavy atom. The quantitative estimate of drug-likeness (QED) is 0.493. The largest absolute Gasteiger partial charge is 0.502 e. The van der Waals surface area contributed by atoms with Crippen molar-refractivity contribution in [3.63, 3.8) is 0 Å². The first-order valence-corrected chi connectivity index (χ1v) is 4.77. The van der Waals surface area contributed by atoms with Crippen LogP contribution in [-0.4, -0.2) is 20.0 Å². The van der Waals surface area contributed by atoms with Crippen molar-refractivity contribution in [2.45, 2.75) is 0 Å². The molecule has 0 saturated carbocycles. The zero-order valence-corrected chi connectivity index (χ0v) is 9.10. The lowest BCUT2D eigenvalue weighted by Gasteiger charge is -2.02. The molecule has 16 heavy (non-hydrogen) atoms. The molecule has 0 aliphatic rings. The topological polar surface area (TPSA) is 89.2 Å². The van der Waals surface area contributed by atoms with Crippen LogP contribution in [0, 0.1) is 15.9 Å². The highest BCUT2D eigenvalue weighted by Gasteiger charge is 2.20. The van der Waals surface area contributed by atoms with Crippen molar-refractivity contribution in [2.75, 3.05) is 0 Å². The number of nitro groups is 1. The van der Waals surface area contributed by atoms with Crippen LogP contribution < -0.4 is 0 Å². The zero-order chi connectivity index (χ0) is 11.9. The fraction of sp³-hybridized carbons (Fsp3) is 0. The molecule has 0 saturated heterocycles. The Kier molecular flexibility index (Phi) is 2.43. The van der Waals surface area contributed by atoms with Gasteiger partial charge < -0.3 is 5.11 Å². The SMILES string of the molecule is O=[N+]([O-])c1cnc2c(F)c(Br)ncc2c1O. The third-order valence-electron chi connectivity index (χ3n) is 1.96. The van der Waals surface area contributed by atoms with Crippen LogP contribution in [0.25, 0.3) is 10.9 Å². The highest BCUT2D eigenvalue weighted by molar-refractivity contribution is 9.10. The van der Waals surface area contributed by atoms with Gasteiger partial charge in [-0.05, 0) is 15.9 Å². The second-order valence-corrected chi connectivity index (χ2v) is 3.63. The Morgan fingerprint density at radius 3 is 2.75 bits per heavy atom. The first kappa shape index (κ1) is 10.7. The van der Waals surface area contributed by atoms with E-state index in [1.54, 1.807) is 0 Å². The van der Waals surface area contributed by atoms with E-state index in [0.717, 1.165) is 12.4 Å². The second-order valence-electron chi connectivity index (χ2n) is 2.87. The van der Waals surface area contributed by atoms with Gasteiger partial charge in [-0.1, -0.05) is 0 Å². The molecule has 2 aromatic heterocycles. The molecule has 2 heterocycles. The van der Waals surface area contributed by atoms with Crippen molar-refractivity contribution in [2.24, 2.45) is 0 Å². The predicted octanol–water partition coefficient (Wildman–Crippen LogP) is 2.15. The molecule has 8 heteroatoms. The Labute approximate surface area is 96.0 Å². The maximum atomic E-state index is 13.5. The standard InChI is InChI=1S/C8H3BrFN3O3/c9-8-5(10)6-3(1-12-8)7(14)4(2-11-6)13(15)16/h1-2H,(H,11,14). The monoisotopic (exact) mass is 287 g/mol. The molecular weight excluding hydrogens is 285 g/mol. The van der Waals surface area contributed by atoms with Gasteiger partial charge in [0, 0.05) is 6.20 Å². The molecule has 82 valence electrons. The van der Waals surface area contributed by atoms with E-state index in [1.807, 2.05) is 0 Å². The number of aromatic hydroxyl groups is 1. The number of halogens is 2. The smallest absolute Gasteiger partial charge is 0.329 e. The van der Waals surface area contributed by atoms with E-state index >= 15 is 0 Å². The fourth-order valence-corrected chi connectivity index (χ4v) is 1.50. The molecule has 2 rings (SSSR count). The van der Waals surface area contributed by atoms with Gasteiger partial charge in [0.2, 0.25) is 5.75 Å². The van der Waals surface area contributed by atoms with Crippen molar-refractivity contribution in [1.29, 1.82) is 0 Å². The lowest BCUT2D eigenvalue weighted by atomic mass is 10.2. The third-order valence-corrected chi connectivity index (χ3v) is 2.51. The van der Waals surface area contributed by atoms with Gasteiger partial charge in [-0.25, -0.2) is 14.4 Å². The van der Waals surface area contributed by atoms with E-state index in [2.05, 4.69) is 25.9 Å². The van der Waals surface area contributed by atoms with Gasteiger partial charge in [-0.2, -0.15) is 0 Å². The van der Waals surface area contributed by atoms with E-state index in [-0.39, 0.29) is 15.5 Å². The van der Waals surface area contributed by atoms with Crippen LogP contribution in [0.2, 0.25) is 0 Å². The van der Waals surface area contributed by atoms with Crippen LogP contribution >= 0.6 is 15.9 Å². The molecule has 0 aromatic carbocycles. The second kappa shape index (κ2) is 3.63. The summed E-state index contributed by atoms with van der Waals surface area (Å²) in [6, 6.07) is 0. The lowest BCUT2D eigenvalue weighted by Crippen LogP contribution is -1.94. The highest BCUT2D eigenvalue weighted by Crippen LogP contribution is 2.34. The molecule has 2 aromatic rings. The molecule has 0 bridgehead atoms. The van der Waals surface area contributed by atoms with E-state index in [9.17, 15) is 19.6 Å². The summed E-state index contributed by atoms with van der Waals surface area (Å²) in [5.74, 6) is -1.42. The summed E-state index contributed by atoms with van der Waals surface area (Å²) in [5.41, 5.74) is -0.763. The minimum atomic E-state index is -0.804. The number of hydrogen-bond acceptors (Lipinski definition) is 5. The summed E-state index contributed by atoms with van der Waals surface area (Å²) in [6.07, 6.45) is 1.91. The van der Waals surface area contributed by atoms with Crippen molar-refractivity contribution in [3.8, 4) is 5.75 Å². The number of hydrogen-bond donors (Lipinski definition) is 1. The first-order chi connectivity index (χ1) is 7.52. The van der Waals surface area contributed by atoms with Crippen molar-refractivity contribution in [3.05, 3.63) is 32.9 Å². The van der Waals surface area contributed by atoms with Gasteiger partial charge >= 0.3 is 5.69 Å². The van der Waals surface area contributed by atoms with Crippen LogP contribution in [0.4, 0.5) is 10.1 Å². The Balaban J connectivity index is 2.87. The maximum absolute atomic E-state index is 13.5. The zero-order valence-electron chi connectivity index (χ0n) is 7.52. The van der Waals surface area contributed by atoms with Crippen LogP contribution in [0.1, 0.15) is 0 Å². The van der Waals surface area contributed by atoms with Crippen molar-refractivity contribution >= 4 is 32.5 Å². The highest BCUT2D eigenvalue weighted by atomic mass is 79.9. The molecule has 6 nitrogen and oxygen atoms in total. The van der Waals surface area contributed by atoms with E-state index in [4.69, 9.17) is 0 Å². The molecule has 0 radical (unpaired) electrons. The number of nitrogens with zero attached hydrogens (tertiary/aromatic N) is 3. The summed E-state index contributed by atoms with van der Waals surface area (Å²) in [5, 5.41) is 19.9. The minimum absolute atomic E-state index is 0.0687. The summed E-state index contributed by atoms with van der Waals surface area (Å²) < 4.78 is 13.4. The Morgan fingerprint density at radius 1 is 1.44 bits per heavy atom. The molecule has 1 N–H and O–H groups in total. The van der Waals surface area contributed by atoms with Crippen LogP contribution in [-0.2, 0) is 0 Å². The van der Waals surface area contributed by atoms with E-state index in [1.165, 1.54) is 0 Å². The number of pyridine rings is 2. The van der Waals surface area contributed by atoms with Crippen LogP contribution in [0.15, 0.2) is 17.0 Å². The number of aromatic nitrogens is 2. The van der Waals surface area contributed by atoms with Crippen LogP contribution in [0.3, 0.4) is 0 Å². The molecule has 0 amide bonds. The van der Waals surface area contributed by atoms with Gasteiger partial charge in [0.05, 0.1) is 10.3 Å². The average molecular weight is 288 g/mol. The number of rotatable bonds is 1. The lowest BCUT2D eigenvalue weighted by molar-refractivity contribution is -0.386. The summed E-state index contributed by atoms with van der Waals surface area (Å²) >= 11 is 2.85. The normalized spacial score (nSPS) is 10.6. The van der Waals surface area contributed by atoms with Gasteiger partial charge in [-0.15, -0.1) is 0 Å². The maximum Gasteiger partial charge on any atom is 0.329 e. The van der Waals surface area contributed by atoms with E-state index in [0.29, 0.717) is 0 Å². The van der Waals surface area contributed by atoms with Crippen LogP contribution in [0.5, 0.6) is 5.75 Å². The Hall–Kier alpha value is -1.83. The molecule has 0 atom stereocenters. The van der Waals surface area contributed by atoms with Gasteiger partial charge in [-0.3, -0.25) is 10.1 Å². The summed E-state index contributed by atoms with van der Waals surface area (Å²) in [7, 11) is 0. The first-order valence-electron chi connectivity index (χ1n) is 3.98. The predicted molar refractivity (Wildman–Crippen MR) is 55.5 cm³/mol. The Bertz CT molecular complexity index is 605. The molecule has 0 spiro atoms. The fourth-order valence-electron chi connectivity index (χ4n) is 1.21. The average Bonchev–Trinajstić information content (AvgIpc) is 2.23. The van der Waals surface area contributed by atoms with Crippen molar-refractivity contribution in [1.82, 2.24) is 9.97 Å². The third kappa shape index (κ3) is 1.47. The molecule has 0 unspecified atom stereocenters. The molecular formula is C8H3BrFN3O3. The summed E-state index contributed by atoms with van der Waals surface area (Å²) in [4.78, 5) is 16.9. The molecule has 0 aliphatic carbocycles. The number of fused-ring (bicyclic) bond motifs is 1. The minimum Gasteiger partial charge on any atom is -0.502 e. The van der Waals surface area contributed by atoms with Gasteiger partial charge in [0.15, 0.2) is 5.82 Å². The molecule has 0 aliphatic heterocycles.